The molecule has 5 nitrogen and oxygen atoms in total. The highest BCUT2D eigenvalue weighted by molar-refractivity contribution is 7.99. The lowest BCUT2D eigenvalue weighted by Crippen LogP contribution is -2.28. The Bertz CT molecular complexity index is 1040. The third-order valence-electron chi connectivity index (χ3n) is 6.26. The number of methoxy groups -OCH3 is 1. The van der Waals surface area contributed by atoms with Crippen molar-refractivity contribution in [2.75, 3.05) is 32.5 Å². The van der Waals surface area contributed by atoms with E-state index in [0.29, 0.717) is 11.8 Å². The van der Waals surface area contributed by atoms with Crippen LogP contribution in [0, 0.1) is 11.7 Å². The van der Waals surface area contributed by atoms with Gasteiger partial charge in [0.25, 0.3) is 0 Å². The Morgan fingerprint density at radius 2 is 1.97 bits per heavy atom. The minimum atomic E-state index is -0.182. The van der Waals surface area contributed by atoms with Crippen LogP contribution < -0.4 is 4.74 Å². The van der Waals surface area contributed by atoms with E-state index in [0.717, 1.165) is 72.5 Å². The molecule has 1 aromatic heterocycles. The van der Waals surface area contributed by atoms with Gasteiger partial charge in [0.2, 0.25) is 0 Å². The summed E-state index contributed by atoms with van der Waals surface area (Å²) in [5, 5.41) is 9.72. The molecule has 0 saturated heterocycles. The van der Waals surface area contributed by atoms with Gasteiger partial charge in [-0.25, -0.2) is 4.39 Å². The van der Waals surface area contributed by atoms with Crippen LogP contribution in [0.25, 0.3) is 11.4 Å². The van der Waals surface area contributed by atoms with Crippen LogP contribution in [-0.2, 0) is 7.05 Å². The van der Waals surface area contributed by atoms with Crippen molar-refractivity contribution in [1.29, 1.82) is 0 Å². The normalized spacial score (nSPS) is 17.5. The summed E-state index contributed by atoms with van der Waals surface area (Å²) in [6.45, 7) is 5.45. The average Bonchev–Trinajstić information content (AvgIpc) is 3.50. The van der Waals surface area contributed by atoms with Gasteiger partial charge in [0, 0.05) is 30.5 Å². The van der Waals surface area contributed by atoms with E-state index in [9.17, 15) is 4.39 Å². The first kappa shape index (κ1) is 23.8. The van der Waals surface area contributed by atoms with E-state index >= 15 is 0 Å². The average molecular weight is 469 g/mol. The molecule has 2 aromatic carbocycles. The molecular formula is C26H33FN4OS. The number of hydrogen-bond donors (Lipinski definition) is 0. The second-order valence-corrected chi connectivity index (χ2v) is 9.78. The standard InChI is InChI=1S/C26H33FN4OS/c1-4-13-31(18-20-16-22(20)23-17-21(27)11-12-24(23)32-3)14-8-15-33-26-29-28-25(30(26)2)19-9-6-5-7-10-19/h5-7,9-12,17,20,22H,4,8,13-16,18H2,1-3H3. The fraction of sp³-hybridized carbons (Fsp3) is 0.462. The van der Waals surface area contributed by atoms with Crippen LogP contribution in [0.1, 0.15) is 37.7 Å². The first-order valence-corrected chi connectivity index (χ1v) is 12.7. The number of ether oxygens (including phenoxy) is 1. The van der Waals surface area contributed by atoms with Gasteiger partial charge in [0.1, 0.15) is 11.6 Å². The van der Waals surface area contributed by atoms with Crippen LogP contribution in [0.15, 0.2) is 53.7 Å². The van der Waals surface area contributed by atoms with Gasteiger partial charge in [-0.05, 0) is 62.4 Å². The molecule has 2 atom stereocenters. The Morgan fingerprint density at radius 1 is 1.15 bits per heavy atom. The summed E-state index contributed by atoms with van der Waals surface area (Å²) in [4.78, 5) is 2.56. The van der Waals surface area contributed by atoms with Crippen LogP contribution in [0.2, 0.25) is 0 Å². The summed E-state index contributed by atoms with van der Waals surface area (Å²) < 4.78 is 21.3. The topological polar surface area (TPSA) is 43.2 Å². The zero-order valence-electron chi connectivity index (χ0n) is 19.7. The molecule has 0 aliphatic heterocycles. The van der Waals surface area contributed by atoms with Gasteiger partial charge in [-0.1, -0.05) is 49.0 Å². The van der Waals surface area contributed by atoms with E-state index in [1.807, 2.05) is 25.2 Å². The van der Waals surface area contributed by atoms with Gasteiger partial charge in [-0.15, -0.1) is 10.2 Å². The quantitative estimate of drug-likeness (QED) is 0.255. The highest BCUT2D eigenvalue weighted by atomic mass is 32.2. The zero-order valence-corrected chi connectivity index (χ0v) is 20.5. The van der Waals surface area contributed by atoms with Crippen molar-refractivity contribution in [1.82, 2.24) is 19.7 Å². The first-order chi connectivity index (χ1) is 16.1. The Hall–Kier alpha value is -2.38. The maximum atomic E-state index is 13.8. The molecule has 4 rings (SSSR count). The molecule has 176 valence electrons. The number of aromatic nitrogens is 3. The highest BCUT2D eigenvalue weighted by Crippen LogP contribution is 2.50. The Balaban J connectivity index is 1.26. The summed E-state index contributed by atoms with van der Waals surface area (Å²) in [6, 6.07) is 15.0. The van der Waals surface area contributed by atoms with Crippen molar-refractivity contribution >= 4 is 11.8 Å². The Labute approximate surface area is 200 Å². The number of benzene rings is 2. The van der Waals surface area contributed by atoms with E-state index < -0.39 is 0 Å². The van der Waals surface area contributed by atoms with Gasteiger partial charge in [-0.2, -0.15) is 0 Å². The van der Waals surface area contributed by atoms with Crippen LogP contribution in [0.3, 0.4) is 0 Å². The molecule has 0 bridgehead atoms. The zero-order chi connectivity index (χ0) is 23.2. The first-order valence-electron chi connectivity index (χ1n) is 11.7. The van der Waals surface area contributed by atoms with Gasteiger partial charge >= 0.3 is 0 Å². The van der Waals surface area contributed by atoms with Gasteiger partial charge in [0.05, 0.1) is 7.11 Å². The van der Waals surface area contributed by atoms with Crippen molar-refractivity contribution in [3.8, 4) is 17.1 Å². The maximum Gasteiger partial charge on any atom is 0.191 e. The Morgan fingerprint density at radius 3 is 2.73 bits per heavy atom. The molecule has 0 radical (unpaired) electrons. The van der Waals surface area contributed by atoms with Gasteiger partial charge in [-0.3, -0.25) is 0 Å². The van der Waals surface area contributed by atoms with E-state index in [1.165, 1.54) is 6.07 Å². The maximum absolute atomic E-state index is 13.8. The van der Waals surface area contributed by atoms with Gasteiger partial charge in [0.15, 0.2) is 11.0 Å². The molecule has 2 unspecified atom stereocenters. The van der Waals surface area contributed by atoms with Crippen molar-refractivity contribution in [2.45, 2.75) is 37.3 Å². The summed E-state index contributed by atoms with van der Waals surface area (Å²) in [5.74, 6) is 3.51. The van der Waals surface area contributed by atoms with E-state index in [-0.39, 0.29) is 5.82 Å². The van der Waals surface area contributed by atoms with Crippen molar-refractivity contribution in [3.63, 3.8) is 0 Å². The second kappa shape index (κ2) is 11.2. The predicted molar refractivity (Wildman–Crippen MR) is 132 cm³/mol. The Kier molecular flexibility index (Phi) is 8.04. The molecule has 3 aromatic rings. The van der Waals surface area contributed by atoms with E-state index in [2.05, 4.69) is 38.7 Å². The molecule has 1 aliphatic rings. The summed E-state index contributed by atoms with van der Waals surface area (Å²) in [5.41, 5.74) is 2.10. The summed E-state index contributed by atoms with van der Waals surface area (Å²) >= 11 is 1.77. The molecular weight excluding hydrogens is 435 g/mol. The fourth-order valence-electron chi connectivity index (χ4n) is 4.50. The largest absolute Gasteiger partial charge is 0.496 e. The fourth-order valence-corrected chi connectivity index (χ4v) is 5.33. The monoisotopic (exact) mass is 468 g/mol. The third kappa shape index (κ3) is 5.95. The van der Waals surface area contributed by atoms with E-state index in [4.69, 9.17) is 4.74 Å². The molecule has 1 heterocycles. The van der Waals surface area contributed by atoms with Crippen LogP contribution in [0.4, 0.5) is 4.39 Å². The number of hydrogen-bond acceptors (Lipinski definition) is 5. The number of halogens is 1. The third-order valence-corrected chi connectivity index (χ3v) is 7.37. The number of thioether (sulfide) groups is 1. The second-order valence-electron chi connectivity index (χ2n) is 8.72. The molecule has 1 fully saturated rings. The minimum Gasteiger partial charge on any atom is -0.496 e. The van der Waals surface area contributed by atoms with Crippen LogP contribution >= 0.6 is 11.8 Å². The highest BCUT2D eigenvalue weighted by Gasteiger charge is 2.40. The van der Waals surface area contributed by atoms with Crippen molar-refractivity contribution in [3.05, 3.63) is 59.9 Å². The van der Waals surface area contributed by atoms with Crippen LogP contribution in [-0.4, -0.2) is 52.2 Å². The molecule has 1 aliphatic carbocycles. The van der Waals surface area contributed by atoms with Crippen LogP contribution in [0.5, 0.6) is 5.75 Å². The number of nitrogens with zero attached hydrogens (tertiary/aromatic N) is 4. The van der Waals surface area contributed by atoms with Crippen molar-refractivity contribution < 1.29 is 9.13 Å². The summed E-state index contributed by atoms with van der Waals surface area (Å²) in [6.07, 6.45) is 3.34. The minimum absolute atomic E-state index is 0.182. The smallest absolute Gasteiger partial charge is 0.191 e. The molecule has 7 heteroatoms. The molecule has 0 spiro atoms. The van der Waals surface area contributed by atoms with Gasteiger partial charge < -0.3 is 14.2 Å². The molecule has 0 amide bonds. The van der Waals surface area contributed by atoms with Crippen molar-refractivity contribution in [2.24, 2.45) is 13.0 Å². The molecule has 1 saturated carbocycles. The lowest BCUT2D eigenvalue weighted by atomic mass is 10.1. The molecule has 33 heavy (non-hydrogen) atoms. The number of rotatable bonds is 12. The lowest BCUT2D eigenvalue weighted by molar-refractivity contribution is 0.262. The SMILES string of the molecule is CCCN(CCCSc1nnc(-c2ccccc2)n1C)CC1CC1c1cc(F)ccc1OC. The lowest BCUT2D eigenvalue weighted by Gasteiger charge is -2.22. The predicted octanol–water partition coefficient (Wildman–Crippen LogP) is 5.63. The summed E-state index contributed by atoms with van der Waals surface area (Å²) in [7, 11) is 3.69. The van der Waals surface area contributed by atoms with E-state index in [1.54, 1.807) is 31.0 Å². The molecule has 0 N–H and O–H groups in total.